The van der Waals surface area contributed by atoms with Crippen molar-refractivity contribution < 1.29 is 9.59 Å². The van der Waals surface area contributed by atoms with Gasteiger partial charge in [-0.1, -0.05) is 39.7 Å². The molecule has 0 heterocycles. The summed E-state index contributed by atoms with van der Waals surface area (Å²) in [5, 5.41) is 7.19. The molecule has 2 N–H and O–H groups in total. The number of benzene rings is 2. The van der Waals surface area contributed by atoms with Crippen LogP contribution >= 0.6 is 27.5 Å². The molecule has 0 bridgehead atoms. The van der Waals surface area contributed by atoms with E-state index in [2.05, 4.69) is 31.8 Å². The fourth-order valence-corrected chi connectivity index (χ4v) is 2.16. The van der Waals surface area contributed by atoms with Crippen LogP contribution in [0.1, 0.15) is 18.4 Å². The fraction of sp³-hybridized carbons (Fsp3) is 0.118. The zero-order valence-corrected chi connectivity index (χ0v) is 15.0. The first-order chi connectivity index (χ1) is 11.5. The highest BCUT2D eigenvalue weighted by Gasteiger charge is 2.06. The van der Waals surface area contributed by atoms with Crippen molar-refractivity contribution in [3.63, 3.8) is 0 Å². The molecule has 2 aromatic carbocycles. The minimum atomic E-state index is -0.328. The van der Waals surface area contributed by atoms with E-state index in [0.717, 1.165) is 10.0 Å². The summed E-state index contributed by atoms with van der Waals surface area (Å²) in [5.41, 5.74) is 3.88. The van der Waals surface area contributed by atoms with Gasteiger partial charge in [-0.25, -0.2) is 5.43 Å². The van der Waals surface area contributed by atoms with E-state index < -0.39 is 0 Å². The van der Waals surface area contributed by atoms with Crippen LogP contribution in [-0.4, -0.2) is 18.0 Å². The van der Waals surface area contributed by atoms with Gasteiger partial charge >= 0.3 is 0 Å². The summed E-state index contributed by atoms with van der Waals surface area (Å²) in [7, 11) is 0. The van der Waals surface area contributed by atoms with Gasteiger partial charge in [-0.3, -0.25) is 9.59 Å². The van der Waals surface area contributed by atoms with Gasteiger partial charge in [0.15, 0.2) is 0 Å². The van der Waals surface area contributed by atoms with E-state index in [0.29, 0.717) is 10.7 Å². The van der Waals surface area contributed by atoms with Crippen molar-refractivity contribution in [1.82, 2.24) is 5.43 Å². The summed E-state index contributed by atoms with van der Waals surface area (Å²) in [6, 6.07) is 14.2. The zero-order chi connectivity index (χ0) is 17.4. The molecule has 0 aliphatic carbocycles. The molecule has 24 heavy (non-hydrogen) atoms. The number of nitrogens with zero attached hydrogens (tertiary/aromatic N) is 1. The van der Waals surface area contributed by atoms with Gasteiger partial charge in [0.1, 0.15) is 0 Å². The van der Waals surface area contributed by atoms with E-state index in [1.807, 2.05) is 12.1 Å². The highest BCUT2D eigenvalue weighted by Crippen LogP contribution is 2.14. The van der Waals surface area contributed by atoms with E-state index in [-0.39, 0.29) is 24.7 Å². The Balaban J connectivity index is 1.71. The minimum absolute atomic E-state index is 0.0559. The maximum Gasteiger partial charge on any atom is 0.240 e. The summed E-state index contributed by atoms with van der Waals surface area (Å²) >= 11 is 9.10. The van der Waals surface area contributed by atoms with E-state index >= 15 is 0 Å². The van der Waals surface area contributed by atoms with Crippen LogP contribution < -0.4 is 10.7 Å². The van der Waals surface area contributed by atoms with Crippen molar-refractivity contribution in [1.29, 1.82) is 0 Å². The molecule has 0 atom stereocenters. The number of hydrogen-bond acceptors (Lipinski definition) is 3. The molecular weight excluding hydrogens is 394 g/mol. The SMILES string of the molecule is O=C(CCC(=O)Nc1ccc(Br)cc1)N/N=C/c1ccc(Cl)cc1. The Kier molecular flexibility index (Phi) is 6.96. The topological polar surface area (TPSA) is 70.6 Å². The van der Waals surface area contributed by atoms with Crippen molar-refractivity contribution in [3.8, 4) is 0 Å². The molecule has 0 spiro atoms. The first-order valence-corrected chi connectivity index (χ1v) is 8.33. The van der Waals surface area contributed by atoms with E-state index in [1.165, 1.54) is 6.21 Å². The molecule has 2 aromatic rings. The molecule has 2 rings (SSSR count). The third-order valence-corrected chi connectivity index (χ3v) is 3.76. The molecule has 5 nitrogen and oxygen atoms in total. The van der Waals surface area contributed by atoms with Crippen molar-refractivity contribution in [2.45, 2.75) is 12.8 Å². The van der Waals surface area contributed by atoms with Crippen molar-refractivity contribution in [2.24, 2.45) is 5.10 Å². The Morgan fingerprint density at radius 3 is 2.29 bits per heavy atom. The van der Waals surface area contributed by atoms with Gasteiger partial charge in [-0.2, -0.15) is 5.10 Å². The molecule has 124 valence electrons. The number of rotatable bonds is 6. The molecule has 0 aromatic heterocycles. The lowest BCUT2D eigenvalue weighted by Gasteiger charge is -2.04. The third-order valence-electron chi connectivity index (χ3n) is 2.98. The number of hydrogen-bond donors (Lipinski definition) is 2. The number of carbonyl (C=O) groups excluding carboxylic acids is 2. The van der Waals surface area contributed by atoms with Gasteiger partial charge in [0.05, 0.1) is 6.21 Å². The maximum atomic E-state index is 11.8. The Morgan fingerprint density at radius 2 is 1.62 bits per heavy atom. The maximum absolute atomic E-state index is 11.8. The third kappa shape index (κ3) is 6.52. The van der Waals surface area contributed by atoms with Gasteiger partial charge in [0.25, 0.3) is 0 Å². The smallest absolute Gasteiger partial charge is 0.240 e. The number of anilines is 1. The summed E-state index contributed by atoms with van der Waals surface area (Å²) < 4.78 is 0.929. The van der Waals surface area contributed by atoms with E-state index in [4.69, 9.17) is 11.6 Å². The fourth-order valence-electron chi connectivity index (χ4n) is 1.77. The number of hydrazone groups is 1. The molecule has 2 amide bonds. The molecule has 0 saturated carbocycles. The van der Waals surface area contributed by atoms with Gasteiger partial charge in [0.2, 0.25) is 11.8 Å². The highest BCUT2D eigenvalue weighted by molar-refractivity contribution is 9.10. The van der Waals surface area contributed by atoms with Gasteiger partial charge < -0.3 is 5.32 Å². The normalized spacial score (nSPS) is 10.6. The molecule has 0 radical (unpaired) electrons. The zero-order valence-electron chi connectivity index (χ0n) is 12.6. The Hall–Kier alpha value is -2.18. The number of halogens is 2. The summed E-state index contributed by atoms with van der Waals surface area (Å²) in [5.74, 6) is -0.555. The average molecular weight is 409 g/mol. The predicted molar refractivity (Wildman–Crippen MR) is 99.2 cm³/mol. The lowest BCUT2D eigenvalue weighted by atomic mass is 10.2. The predicted octanol–water partition coefficient (Wildman–Crippen LogP) is 3.97. The first-order valence-electron chi connectivity index (χ1n) is 7.16. The lowest BCUT2D eigenvalue weighted by Crippen LogP contribution is -2.20. The van der Waals surface area contributed by atoms with Crippen molar-refractivity contribution in [3.05, 3.63) is 63.6 Å². The van der Waals surface area contributed by atoms with Crippen molar-refractivity contribution >= 4 is 51.2 Å². The molecule has 0 aliphatic rings. The standard InChI is InChI=1S/C17H15BrClN3O2/c18-13-3-7-15(8-4-13)21-16(23)9-10-17(24)22-20-11-12-1-5-14(19)6-2-12/h1-8,11H,9-10H2,(H,21,23)(H,22,24)/b20-11+. The molecule has 7 heteroatoms. The quantitative estimate of drug-likeness (QED) is 0.561. The number of carbonyl (C=O) groups is 2. The van der Waals surface area contributed by atoms with Crippen LogP contribution in [0.25, 0.3) is 0 Å². The second-order valence-corrected chi connectivity index (χ2v) is 6.25. The largest absolute Gasteiger partial charge is 0.326 e. The van der Waals surface area contributed by atoms with Crippen LogP contribution in [0.4, 0.5) is 5.69 Å². The average Bonchev–Trinajstić information content (AvgIpc) is 2.57. The second-order valence-electron chi connectivity index (χ2n) is 4.90. The van der Waals surface area contributed by atoms with Crippen molar-refractivity contribution in [2.75, 3.05) is 5.32 Å². The van der Waals surface area contributed by atoms with E-state index in [9.17, 15) is 9.59 Å². The van der Waals surface area contributed by atoms with Crippen LogP contribution in [-0.2, 0) is 9.59 Å². The Labute approximate surface area is 153 Å². The molecule has 0 aliphatic heterocycles. The van der Waals surface area contributed by atoms with Crippen LogP contribution in [0.3, 0.4) is 0 Å². The van der Waals surface area contributed by atoms with Crippen LogP contribution in [0.5, 0.6) is 0 Å². The number of nitrogens with one attached hydrogen (secondary N) is 2. The summed E-state index contributed by atoms with van der Waals surface area (Å²) in [4.78, 5) is 23.4. The van der Waals surface area contributed by atoms with Gasteiger partial charge in [0, 0.05) is 28.0 Å². The molecular formula is C17H15BrClN3O2. The van der Waals surface area contributed by atoms with E-state index in [1.54, 1.807) is 36.4 Å². The van der Waals surface area contributed by atoms with Gasteiger partial charge in [-0.15, -0.1) is 0 Å². The highest BCUT2D eigenvalue weighted by atomic mass is 79.9. The molecule has 0 saturated heterocycles. The summed E-state index contributed by atoms with van der Waals surface area (Å²) in [6.07, 6.45) is 1.65. The monoisotopic (exact) mass is 407 g/mol. The Bertz CT molecular complexity index is 731. The van der Waals surface area contributed by atoms with Crippen LogP contribution in [0, 0.1) is 0 Å². The first kappa shape index (κ1) is 18.2. The van der Waals surface area contributed by atoms with Gasteiger partial charge in [-0.05, 0) is 42.0 Å². The lowest BCUT2D eigenvalue weighted by molar-refractivity contribution is -0.124. The number of amides is 2. The Morgan fingerprint density at radius 1 is 1.00 bits per heavy atom. The molecule has 0 unspecified atom stereocenters. The second kappa shape index (κ2) is 9.20. The van der Waals surface area contributed by atoms with Crippen LogP contribution in [0.2, 0.25) is 5.02 Å². The minimum Gasteiger partial charge on any atom is -0.326 e. The molecule has 0 fully saturated rings. The van der Waals surface area contributed by atoms with Crippen LogP contribution in [0.15, 0.2) is 58.1 Å². The summed E-state index contributed by atoms with van der Waals surface area (Å²) in [6.45, 7) is 0.